The summed E-state index contributed by atoms with van der Waals surface area (Å²) in [6, 6.07) is 9.09. The van der Waals surface area contributed by atoms with Gasteiger partial charge < -0.3 is 34.4 Å². The average Bonchev–Trinajstić information content (AvgIpc) is 4.14. The first-order valence-electron chi connectivity index (χ1n) is 27.6. The van der Waals surface area contributed by atoms with Crippen LogP contribution in [0.4, 0.5) is 23.8 Å². The second-order valence-electron chi connectivity index (χ2n) is 23.0. The van der Waals surface area contributed by atoms with Crippen LogP contribution in [0.2, 0.25) is 0 Å². The number of phenolic OH excluding ortho intramolecular Hbond substituents is 1. The van der Waals surface area contributed by atoms with Gasteiger partial charge in [0.1, 0.15) is 53.7 Å². The van der Waals surface area contributed by atoms with Crippen LogP contribution in [-0.4, -0.2) is 150 Å². The molecule has 18 nitrogen and oxygen atoms in total. The molecule has 6 aromatic rings. The molecule has 3 amide bonds. The first kappa shape index (κ1) is 51.9. The third-order valence-electron chi connectivity index (χ3n) is 17.8. The number of carbonyl (C=O) groups excluding carboxylic acids is 3. The molecule has 12 rings (SSSR count). The van der Waals surface area contributed by atoms with Gasteiger partial charge in [0.15, 0.2) is 5.82 Å². The molecule has 1 unspecified atom stereocenters. The number of amides is 3. The van der Waals surface area contributed by atoms with E-state index in [1.165, 1.54) is 51.7 Å². The number of piperidine rings is 4. The third-order valence-corrected chi connectivity index (χ3v) is 17.8. The smallest absolute Gasteiger partial charge is 0.409 e. The highest BCUT2D eigenvalue weighted by atomic mass is 19.1. The van der Waals surface area contributed by atoms with Gasteiger partial charge in [0.25, 0.3) is 0 Å². The minimum absolute atomic E-state index is 0.0154. The molecular formula is C57H65F3N10O8. The van der Waals surface area contributed by atoms with Crippen molar-refractivity contribution in [3.8, 4) is 23.0 Å². The van der Waals surface area contributed by atoms with Crippen LogP contribution in [0, 0.1) is 23.4 Å². The summed E-state index contributed by atoms with van der Waals surface area (Å²) in [5, 5.41) is 25.2. The number of carbonyl (C=O) groups is 3. The normalized spacial score (nSPS) is 24.9. The number of hydrogen-bond donors (Lipinski definition) is 3. The number of aliphatic hydroxyl groups is 1. The number of halogens is 3. The number of β-amino-alcohol motifs (C(OH)–C–C–N with tert-alkyl or cyclic N) is 1. The Bertz CT molecular complexity index is 3430. The fourth-order valence-electron chi connectivity index (χ4n) is 13.7. The van der Waals surface area contributed by atoms with Gasteiger partial charge in [0.2, 0.25) is 11.8 Å². The SMILES string of the molecule is Cn1c(=O)n(C2CCC(=O)NC2=O)c2cc(F)c(C3CCN(CC4CCN(C(=O)OC[C@@H]5CC[C@]6(COc7nc(N8CCC[C@@](C)(O)C8)c8cnc(-c9cc(O)cc%10ccc(F)cc9%10)c(F)c8n7)CCCN56)CC4)CC3)cc21. The van der Waals surface area contributed by atoms with Crippen LogP contribution >= 0.6 is 0 Å². The first-order chi connectivity index (χ1) is 37.5. The number of nitrogens with zero attached hydrogens (tertiary/aromatic N) is 9. The number of imide groups is 1. The number of imidazole rings is 1. The Morgan fingerprint density at radius 2 is 1.67 bits per heavy atom. The van der Waals surface area contributed by atoms with Crippen LogP contribution in [0.25, 0.3) is 44.0 Å². The minimum atomic E-state index is -1.01. The van der Waals surface area contributed by atoms with E-state index >= 15 is 8.78 Å². The summed E-state index contributed by atoms with van der Waals surface area (Å²) in [6.45, 7) is 7.51. The molecule has 9 heterocycles. The van der Waals surface area contributed by atoms with E-state index in [2.05, 4.69) is 25.1 Å². The molecular weight excluding hydrogens is 1010 g/mol. The molecule has 6 aliphatic heterocycles. The molecule has 412 valence electrons. The highest BCUT2D eigenvalue weighted by Crippen LogP contribution is 2.44. The molecule has 0 saturated carbocycles. The van der Waals surface area contributed by atoms with Crippen molar-refractivity contribution in [1.29, 1.82) is 0 Å². The number of rotatable bonds is 11. The number of anilines is 1. The van der Waals surface area contributed by atoms with Gasteiger partial charge in [-0.25, -0.2) is 22.8 Å². The topological polar surface area (TPSA) is 201 Å². The number of nitrogens with one attached hydrogen (secondary N) is 1. The van der Waals surface area contributed by atoms with Crippen LogP contribution in [-0.2, 0) is 21.4 Å². The molecule has 6 aliphatic rings. The van der Waals surface area contributed by atoms with Crippen LogP contribution in [0.3, 0.4) is 0 Å². The van der Waals surface area contributed by atoms with Gasteiger partial charge in [-0.3, -0.25) is 33.9 Å². The average molecular weight is 1080 g/mol. The number of aromatic hydroxyl groups is 1. The predicted octanol–water partition coefficient (Wildman–Crippen LogP) is 7.05. The second-order valence-corrected chi connectivity index (χ2v) is 23.0. The molecule has 21 heteroatoms. The summed E-state index contributed by atoms with van der Waals surface area (Å²) < 4.78 is 62.8. The summed E-state index contributed by atoms with van der Waals surface area (Å²) in [5.74, 6) is -2.03. The molecule has 0 aliphatic carbocycles. The van der Waals surface area contributed by atoms with Gasteiger partial charge in [-0.15, -0.1) is 0 Å². The number of hydrogen-bond acceptors (Lipinski definition) is 14. The highest BCUT2D eigenvalue weighted by Gasteiger charge is 2.50. The predicted molar refractivity (Wildman–Crippen MR) is 284 cm³/mol. The Morgan fingerprint density at radius 3 is 2.45 bits per heavy atom. The van der Waals surface area contributed by atoms with E-state index < -0.39 is 40.7 Å². The zero-order valence-corrected chi connectivity index (χ0v) is 44.0. The molecule has 0 bridgehead atoms. The minimum Gasteiger partial charge on any atom is -0.508 e. The van der Waals surface area contributed by atoms with E-state index in [9.17, 15) is 33.8 Å². The third kappa shape index (κ3) is 9.68. The molecule has 6 saturated heterocycles. The Labute approximate surface area is 448 Å². The number of benzene rings is 3. The van der Waals surface area contributed by atoms with E-state index in [4.69, 9.17) is 14.5 Å². The Hall–Kier alpha value is -6.84. The Balaban J connectivity index is 0.658. The number of aryl methyl sites for hydroxylation is 1. The van der Waals surface area contributed by atoms with E-state index in [0.717, 1.165) is 77.5 Å². The van der Waals surface area contributed by atoms with Crippen molar-refractivity contribution in [3.05, 3.63) is 82.2 Å². The lowest BCUT2D eigenvalue weighted by atomic mass is 9.87. The van der Waals surface area contributed by atoms with Crippen LogP contribution < -0.4 is 20.6 Å². The highest BCUT2D eigenvalue weighted by molar-refractivity contribution is 6.01. The summed E-state index contributed by atoms with van der Waals surface area (Å²) in [6.07, 6.45) is 9.29. The quantitative estimate of drug-likeness (QED) is 0.111. The standard InChI is InChI=1S/C57H65F3N10O8/c1-56(76)14-3-17-68(31-56)51-42-28-61-49(41-25-38(71)23-35-5-6-36(58)24-39(35)41)48(60)50(42)63-53(64-51)78-32-57-15-4-18-69(57)37(9-16-57)30-77-55(75)67-21-10-33(11-22-67)29-66-19-12-34(13-20-66)40-26-45-46(27-43(40)59)70(54(74)65(45)2)44-7-8-47(72)62-52(44)73/h5-6,23-28,33-34,37,44,71,76H,3-4,7-22,29-32H2,1-2H3,(H,62,72,73)/t37-,44?,56+,57-/m0/s1. The van der Waals surface area contributed by atoms with Crippen molar-refractivity contribution in [2.45, 2.75) is 113 Å². The lowest BCUT2D eigenvalue weighted by molar-refractivity contribution is -0.135. The van der Waals surface area contributed by atoms with Crippen LogP contribution in [0.1, 0.15) is 101 Å². The number of pyridine rings is 1. The van der Waals surface area contributed by atoms with Gasteiger partial charge in [-0.2, -0.15) is 9.97 Å². The van der Waals surface area contributed by atoms with Gasteiger partial charge in [-0.05, 0) is 156 Å². The lowest BCUT2D eigenvalue weighted by Crippen LogP contribution is -2.49. The number of phenols is 1. The maximum absolute atomic E-state index is 17.0. The lowest BCUT2D eigenvalue weighted by Gasteiger charge is -2.38. The van der Waals surface area contributed by atoms with Crippen molar-refractivity contribution >= 4 is 56.4 Å². The van der Waals surface area contributed by atoms with Gasteiger partial charge in [-0.1, -0.05) is 6.07 Å². The summed E-state index contributed by atoms with van der Waals surface area (Å²) in [4.78, 5) is 73.8. The number of aromatic nitrogens is 5. The maximum atomic E-state index is 17.0. The number of fused-ring (bicyclic) bond motifs is 4. The second kappa shape index (κ2) is 20.4. The zero-order valence-electron chi connectivity index (χ0n) is 44.0. The summed E-state index contributed by atoms with van der Waals surface area (Å²) >= 11 is 0. The van der Waals surface area contributed by atoms with E-state index in [-0.39, 0.29) is 90.6 Å². The summed E-state index contributed by atoms with van der Waals surface area (Å²) in [5.41, 5.74) is -0.323. The monoisotopic (exact) mass is 1070 g/mol. The molecule has 3 aromatic carbocycles. The van der Waals surface area contributed by atoms with Crippen molar-refractivity contribution in [2.75, 3.05) is 70.5 Å². The molecule has 0 spiro atoms. The van der Waals surface area contributed by atoms with Gasteiger partial charge in [0, 0.05) is 70.1 Å². The van der Waals surface area contributed by atoms with Crippen molar-refractivity contribution < 1.29 is 47.2 Å². The molecule has 6 fully saturated rings. The largest absolute Gasteiger partial charge is 0.508 e. The number of likely N-dealkylation sites (tertiary alicyclic amines) is 2. The molecule has 3 N–H and O–H groups in total. The van der Waals surface area contributed by atoms with E-state index in [1.54, 1.807) is 24.9 Å². The number of ether oxygens (including phenoxy) is 2. The van der Waals surface area contributed by atoms with Gasteiger partial charge >= 0.3 is 17.8 Å². The molecule has 78 heavy (non-hydrogen) atoms. The Kier molecular flexibility index (Phi) is 13.6. The Morgan fingerprint density at radius 1 is 0.872 bits per heavy atom. The maximum Gasteiger partial charge on any atom is 0.409 e. The molecule has 0 radical (unpaired) electrons. The van der Waals surface area contributed by atoms with Crippen molar-refractivity contribution in [3.63, 3.8) is 0 Å². The van der Waals surface area contributed by atoms with Crippen molar-refractivity contribution in [1.82, 2.24) is 44.1 Å². The fraction of sp³-hybridized carbons (Fsp3) is 0.526. The van der Waals surface area contributed by atoms with Gasteiger partial charge in [0.05, 0.1) is 27.6 Å². The zero-order chi connectivity index (χ0) is 54.2. The van der Waals surface area contributed by atoms with E-state index in [1.807, 2.05) is 4.90 Å². The fourth-order valence-corrected chi connectivity index (χ4v) is 13.7. The van der Waals surface area contributed by atoms with E-state index in [0.29, 0.717) is 77.0 Å². The molecule has 4 atom stereocenters. The molecule has 3 aromatic heterocycles. The first-order valence-corrected chi connectivity index (χ1v) is 27.6. The van der Waals surface area contributed by atoms with Crippen molar-refractivity contribution in [2.24, 2.45) is 13.0 Å². The summed E-state index contributed by atoms with van der Waals surface area (Å²) in [7, 11) is 1.62. The van der Waals surface area contributed by atoms with Crippen LogP contribution in [0.5, 0.6) is 11.8 Å². The van der Waals surface area contributed by atoms with Crippen LogP contribution in [0.15, 0.2) is 53.5 Å².